The van der Waals surface area contributed by atoms with Crippen molar-refractivity contribution in [2.24, 2.45) is 0 Å². The summed E-state index contributed by atoms with van der Waals surface area (Å²) in [6, 6.07) is 11.1. The van der Waals surface area contributed by atoms with Gasteiger partial charge in [-0.3, -0.25) is 19.5 Å². The number of carbonyl (C=O) groups is 3. The summed E-state index contributed by atoms with van der Waals surface area (Å²) in [5, 5.41) is 2.91. The van der Waals surface area contributed by atoms with E-state index in [-0.39, 0.29) is 24.4 Å². The van der Waals surface area contributed by atoms with Crippen LogP contribution in [0.4, 0.5) is 4.79 Å². The van der Waals surface area contributed by atoms with Gasteiger partial charge in [0.1, 0.15) is 12.1 Å². The second-order valence-electron chi connectivity index (χ2n) is 8.62. The number of imide groups is 1. The molecule has 0 bridgehead atoms. The van der Waals surface area contributed by atoms with Crippen LogP contribution in [0.25, 0.3) is 0 Å². The third kappa shape index (κ3) is 3.28. The van der Waals surface area contributed by atoms with E-state index in [2.05, 4.69) is 10.3 Å². The van der Waals surface area contributed by atoms with E-state index in [0.717, 1.165) is 53.7 Å². The molecule has 2 fully saturated rings. The molecule has 2 aromatic rings. The van der Waals surface area contributed by atoms with Gasteiger partial charge in [0, 0.05) is 18.9 Å². The average Bonchev–Trinajstić information content (AvgIpc) is 3.13. The van der Waals surface area contributed by atoms with Crippen LogP contribution in [0.5, 0.6) is 0 Å². The van der Waals surface area contributed by atoms with Crippen LogP contribution in [-0.4, -0.2) is 45.7 Å². The number of benzene rings is 1. The maximum absolute atomic E-state index is 13.4. The van der Waals surface area contributed by atoms with Crippen LogP contribution < -0.4 is 5.32 Å². The SMILES string of the molecule is O=C1NC2(CCc3ccccc32)C(=O)N1CC(=O)N1CCCCCC1c1ccncc1. The van der Waals surface area contributed by atoms with E-state index < -0.39 is 11.6 Å². The maximum atomic E-state index is 13.4. The lowest BCUT2D eigenvalue weighted by molar-refractivity contribution is -0.140. The first-order valence-corrected chi connectivity index (χ1v) is 11.0. The minimum atomic E-state index is -1.03. The predicted molar refractivity (Wildman–Crippen MR) is 114 cm³/mol. The van der Waals surface area contributed by atoms with E-state index in [4.69, 9.17) is 0 Å². The third-order valence-electron chi connectivity index (χ3n) is 6.88. The van der Waals surface area contributed by atoms with Gasteiger partial charge in [-0.1, -0.05) is 37.1 Å². The van der Waals surface area contributed by atoms with Gasteiger partial charge in [-0.2, -0.15) is 0 Å². The lowest BCUT2D eigenvalue weighted by Gasteiger charge is -2.31. The molecule has 1 spiro atoms. The summed E-state index contributed by atoms with van der Waals surface area (Å²) in [5.74, 6) is -0.498. The minimum absolute atomic E-state index is 0.0556. The topological polar surface area (TPSA) is 82.6 Å². The quantitative estimate of drug-likeness (QED) is 0.777. The van der Waals surface area contributed by atoms with Crippen LogP contribution in [0.1, 0.15) is 54.8 Å². The lowest BCUT2D eigenvalue weighted by Crippen LogP contribution is -2.45. The Morgan fingerprint density at radius 1 is 1.10 bits per heavy atom. The number of likely N-dealkylation sites (tertiary alicyclic amines) is 1. The van der Waals surface area contributed by atoms with Crippen molar-refractivity contribution in [3.8, 4) is 0 Å². The molecule has 1 aliphatic carbocycles. The second kappa shape index (κ2) is 7.80. The summed E-state index contributed by atoms with van der Waals surface area (Å²) in [6.45, 7) is 0.402. The highest BCUT2D eigenvalue weighted by Crippen LogP contribution is 2.41. The van der Waals surface area contributed by atoms with Crippen molar-refractivity contribution in [1.29, 1.82) is 0 Å². The van der Waals surface area contributed by atoms with Crippen LogP contribution in [0.15, 0.2) is 48.8 Å². The van der Waals surface area contributed by atoms with Crippen LogP contribution >= 0.6 is 0 Å². The van der Waals surface area contributed by atoms with Crippen molar-refractivity contribution < 1.29 is 14.4 Å². The minimum Gasteiger partial charge on any atom is -0.334 e. The Kier molecular flexibility index (Phi) is 4.96. The monoisotopic (exact) mass is 418 g/mol. The molecule has 2 atom stereocenters. The van der Waals surface area contributed by atoms with Crippen LogP contribution in [-0.2, 0) is 21.5 Å². The number of nitrogens with zero attached hydrogens (tertiary/aromatic N) is 3. The van der Waals surface area contributed by atoms with Crippen LogP contribution in [0, 0.1) is 0 Å². The van der Waals surface area contributed by atoms with E-state index in [9.17, 15) is 14.4 Å². The zero-order valence-corrected chi connectivity index (χ0v) is 17.4. The fourth-order valence-electron chi connectivity index (χ4n) is 5.30. The molecule has 4 amide bonds. The molecular formula is C24H26N4O3. The summed E-state index contributed by atoms with van der Waals surface area (Å²) < 4.78 is 0. The number of amides is 4. The smallest absolute Gasteiger partial charge is 0.325 e. The first-order valence-electron chi connectivity index (χ1n) is 11.0. The molecule has 7 nitrogen and oxygen atoms in total. The number of carbonyl (C=O) groups excluding carboxylic acids is 3. The number of aromatic nitrogens is 1. The number of rotatable bonds is 3. The van der Waals surface area contributed by atoms with E-state index in [0.29, 0.717) is 13.0 Å². The van der Waals surface area contributed by atoms with Crippen LogP contribution in [0.3, 0.4) is 0 Å². The normalized spacial score (nSPS) is 25.5. The molecule has 7 heteroatoms. The molecule has 31 heavy (non-hydrogen) atoms. The molecule has 1 N–H and O–H groups in total. The molecule has 3 aliphatic rings. The fourth-order valence-corrected chi connectivity index (χ4v) is 5.30. The molecule has 2 saturated heterocycles. The zero-order chi connectivity index (χ0) is 21.4. The maximum Gasteiger partial charge on any atom is 0.325 e. The summed E-state index contributed by atoms with van der Waals surface area (Å²) in [5.41, 5.74) is 1.95. The second-order valence-corrected chi connectivity index (χ2v) is 8.62. The average molecular weight is 418 g/mol. The van der Waals surface area contributed by atoms with Crippen molar-refractivity contribution >= 4 is 17.8 Å². The van der Waals surface area contributed by atoms with Gasteiger partial charge < -0.3 is 10.2 Å². The summed E-state index contributed by atoms with van der Waals surface area (Å²) in [6.07, 6.45) is 8.64. The molecule has 2 aliphatic heterocycles. The Hall–Kier alpha value is -3.22. The Morgan fingerprint density at radius 2 is 1.90 bits per heavy atom. The highest BCUT2D eigenvalue weighted by molar-refractivity contribution is 6.10. The van der Waals surface area contributed by atoms with Gasteiger partial charge in [0.2, 0.25) is 5.91 Å². The number of hydrogen-bond donors (Lipinski definition) is 1. The first kappa shape index (κ1) is 19.7. The van der Waals surface area contributed by atoms with E-state index >= 15 is 0 Å². The van der Waals surface area contributed by atoms with Crippen molar-refractivity contribution in [2.75, 3.05) is 13.1 Å². The van der Waals surface area contributed by atoms with Gasteiger partial charge in [-0.05, 0) is 54.5 Å². The number of nitrogens with one attached hydrogen (secondary N) is 1. The Morgan fingerprint density at radius 3 is 2.74 bits per heavy atom. The number of pyridine rings is 1. The van der Waals surface area contributed by atoms with Crippen molar-refractivity contribution in [1.82, 2.24) is 20.1 Å². The number of aryl methyl sites for hydroxylation is 1. The molecule has 2 unspecified atom stereocenters. The highest BCUT2D eigenvalue weighted by atomic mass is 16.2. The fraction of sp³-hybridized carbons (Fsp3) is 0.417. The van der Waals surface area contributed by atoms with Gasteiger partial charge in [-0.25, -0.2) is 4.79 Å². The molecule has 1 aromatic carbocycles. The third-order valence-corrected chi connectivity index (χ3v) is 6.88. The Bertz CT molecular complexity index is 1020. The number of fused-ring (bicyclic) bond motifs is 2. The predicted octanol–water partition coefficient (Wildman–Crippen LogP) is 2.92. The van der Waals surface area contributed by atoms with Crippen LogP contribution in [0.2, 0.25) is 0 Å². The van der Waals surface area contributed by atoms with Gasteiger partial charge in [0.15, 0.2) is 0 Å². The largest absolute Gasteiger partial charge is 0.334 e. The van der Waals surface area contributed by atoms with Gasteiger partial charge in [0.05, 0.1) is 6.04 Å². The molecule has 160 valence electrons. The molecule has 3 heterocycles. The standard InChI is InChI=1S/C24H26N4O3/c29-21(27-15-5-1-2-8-20(27)18-10-13-25-14-11-18)16-28-22(30)24(26-23(28)31)12-9-17-6-3-4-7-19(17)24/h3-4,6-7,10-11,13-14,20H,1-2,5,8-9,12,15-16H2,(H,26,31). The molecular weight excluding hydrogens is 392 g/mol. The Labute approximate surface area is 181 Å². The number of hydrogen-bond acceptors (Lipinski definition) is 4. The van der Waals surface area contributed by atoms with Crippen molar-refractivity contribution in [3.05, 3.63) is 65.5 Å². The van der Waals surface area contributed by atoms with E-state index in [1.165, 1.54) is 0 Å². The molecule has 1 aromatic heterocycles. The molecule has 0 radical (unpaired) electrons. The Balaban J connectivity index is 1.38. The summed E-state index contributed by atoms with van der Waals surface area (Å²) in [7, 11) is 0. The summed E-state index contributed by atoms with van der Waals surface area (Å²) in [4.78, 5) is 46.6. The molecule has 0 saturated carbocycles. The highest BCUT2D eigenvalue weighted by Gasteiger charge is 2.55. The van der Waals surface area contributed by atoms with Crippen molar-refractivity contribution in [2.45, 2.75) is 50.1 Å². The van der Waals surface area contributed by atoms with Crippen molar-refractivity contribution in [3.63, 3.8) is 0 Å². The summed E-state index contributed by atoms with van der Waals surface area (Å²) >= 11 is 0. The first-order chi connectivity index (χ1) is 15.1. The van der Waals surface area contributed by atoms with Gasteiger partial charge in [-0.15, -0.1) is 0 Å². The van der Waals surface area contributed by atoms with Gasteiger partial charge in [0.25, 0.3) is 5.91 Å². The van der Waals surface area contributed by atoms with Gasteiger partial charge >= 0.3 is 6.03 Å². The zero-order valence-electron chi connectivity index (χ0n) is 17.4. The lowest BCUT2D eigenvalue weighted by atomic mass is 9.92. The number of urea groups is 1. The van der Waals surface area contributed by atoms with E-state index in [1.807, 2.05) is 41.3 Å². The van der Waals surface area contributed by atoms with E-state index in [1.54, 1.807) is 12.4 Å². The molecule has 5 rings (SSSR count).